The predicted octanol–water partition coefficient (Wildman–Crippen LogP) is 3.44. The molecule has 0 fully saturated rings. The van der Waals surface area contributed by atoms with Gasteiger partial charge < -0.3 is 14.8 Å². The summed E-state index contributed by atoms with van der Waals surface area (Å²) >= 11 is 0. The number of aromatic nitrogens is 1. The molecule has 0 aliphatic heterocycles. The average Bonchev–Trinajstić information content (AvgIpc) is 2.65. The van der Waals surface area contributed by atoms with Gasteiger partial charge in [0.25, 0.3) is 5.91 Å². The van der Waals surface area contributed by atoms with Crippen LogP contribution in [0.5, 0.6) is 11.5 Å². The van der Waals surface area contributed by atoms with E-state index in [9.17, 15) is 4.79 Å². The lowest BCUT2D eigenvalue weighted by Gasteiger charge is -2.11. The summed E-state index contributed by atoms with van der Waals surface area (Å²) in [5.74, 6) is 0.934. The highest BCUT2D eigenvalue weighted by molar-refractivity contribution is 5.93. The third kappa shape index (κ3) is 3.90. The van der Waals surface area contributed by atoms with E-state index in [1.54, 1.807) is 37.4 Å². The SMILES string of the molecule is COc1ccc2nc(C)cc(OCC(=O)Nc3cccc(C#N)c3)c2c1. The third-order valence-electron chi connectivity index (χ3n) is 3.74. The summed E-state index contributed by atoms with van der Waals surface area (Å²) in [5, 5.41) is 12.4. The Morgan fingerprint density at radius 3 is 2.85 bits per heavy atom. The number of aryl methyl sites for hydroxylation is 1. The van der Waals surface area contributed by atoms with Gasteiger partial charge in [0.15, 0.2) is 6.61 Å². The molecule has 0 atom stereocenters. The van der Waals surface area contributed by atoms with Crippen LogP contribution in [0.25, 0.3) is 10.9 Å². The molecule has 1 N–H and O–H groups in total. The molecule has 3 rings (SSSR count). The van der Waals surface area contributed by atoms with E-state index in [2.05, 4.69) is 10.3 Å². The highest BCUT2D eigenvalue weighted by atomic mass is 16.5. The van der Waals surface area contributed by atoms with Gasteiger partial charge in [-0.05, 0) is 43.3 Å². The Morgan fingerprint density at radius 2 is 2.08 bits per heavy atom. The fourth-order valence-electron chi connectivity index (χ4n) is 2.55. The second kappa shape index (κ2) is 7.53. The molecule has 0 unspecified atom stereocenters. The van der Waals surface area contributed by atoms with Crippen LogP contribution < -0.4 is 14.8 Å². The summed E-state index contributed by atoms with van der Waals surface area (Å²) in [6.45, 7) is 1.70. The van der Waals surface area contributed by atoms with Gasteiger partial charge >= 0.3 is 0 Å². The molecule has 6 heteroatoms. The molecule has 2 aromatic carbocycles. The maximum atomic E-state index is 12.2. The first-order chi connectivity index (χ1) is 12.6. The minimum absolute atomic E-state index is 0.160. The molecular weight excluding hydrogens is 330 g/mol. The molecule has 0 aliphatic carbocycles. The fourth-order valence-corrected chi connectivity index (χ4v) is 2.55. The Labute approximate surface area is 151 Å². The number of amides is 1. The minimum Gasteiger partial charge on any atom is -0.497 e. The average molecular weight is 347 g/mol. The standard InChI is InChI=1S/C20H17N3O3/c1-13-8-19(17-10-16(25-2)6-7-18(17)22-13)26-12-20(24)23-15-5-3-4-14(9-15)11-21/h3-10H,12H2,1-2H3,(H,23,24). The highest BCUT2D eigenvalue weighted by Gasteiger charge is 2.10. The molecule has 1 heterocycles. The van der Waals surface area contributed by atoms with Crippen molar-refractivity contribution < 1.29 is 14.3 Å². The normalized spacial score (nSPS) is 10.2. The molecule has 0 bridgehead atoms. The van der Waals surface area contributed by atoms with Crippen LogP contribution in [0.15, 0.2) is 48.5 Å². The number of rotatable bonds is 5. The second-order valence-electron chi connectivity index (χ2n) is 5.67. The first-order valence-electron chi connectivity index (χ1n) is 7.97. The van der Waals surface area contributed by atoms with Gasteiger partial charge in [0.1, 0.15) is 11.5 Å². The van der Waals surface area contributed by atoms with Crippen molar-refractivity contribution >= 4 is 22.5 Å². The Hall–Kier alpha value is -3.59. The number of nitriles is 1. The van der Waals surface area contributed by atoms with Crippen molar-refractivity contribution in [3.63, 3.8) is 0 Å². The van der Waals surface area contributed by atoms with E-state index in [1.807, 2.05) is 31.2 Å². The molecule has 26 heavy (non-hydrogen) atoms. The summed E-state index contributed by atoms with van der Waals surface area (Å²) in [6, 6.07) is 16.0. The maximum absolute atomic E-state index is 12.2. The van der Waals surface area contributed by atoms with Crippen LogP contribution in [-0.2, 0) is 4.79 Å². The Morgan fingerprint density at radius 1 is 1.23 bits per heavy atom. The van der Waals surface area contributed by atoms with E-state index >= 15 is 0 Å². The summed E-state index contributed by atoms with van der Waals surface area (Å²) in [6.07, 6.45) is 0. The number of methoxy groups -OCH3 is 1. The molecular formula is C20H17N3O3. The molecule has 3 aromatic rings. The fraction of sp³-hybridized carbons (Fsp3) is 0.150. The Bertz CT molecular complexity index is 1010. The molecule has 0 spiro atoms. The number of fused-ring (bicyclic) bond motifs is 1. The summed E-state index contributed by atoms with van der Waals surface area (Å²) in [5.41, 5.74) is 2.59. The van der Waals surface area contributed by atoms with Gasteiger partial charge in [-0.15, -0.1) is 0 Å². The van der Waals surface area contributed by atoms with Crippen molar-refractivity contribution in [1.82, 2.24) is 4.98 Å². The molecule has 0 aliphatic rings. The summed E-state index contributed by atoms with van der Waals surface area (Å²) in [7, 11) is 1.59. The highest BCUT2D eigenvalue weighted by Crippen LogP contribution is 2.29. The minimum atomic E-state index is -0.314. The second-order valence-corrected chi connectivity index (χ2v) is 5.67. The lowest BCUT2D eigenvalue weighted by atomic mass is 10.1. The third-order valence-corrected chi connectivity index (χ3v) is 3.74. The van der Waals surface area contributed by atoms with E-state index in [4.69, 9.17) is 14.7 Å². The van der Waals surface area contributed by atoms with Crippen LogP contribution in [-0.4, -0.2) is 24.6 Å². The molecule has 0 saturated heterocycles. The predicted molar refractivity (Wildman–Crippen MR) is 98.3 cm³/mol. The largest absolute Gasteiger partial charge is 0.497 e. The number of anilines is 1. The molecule has 1 amide bonds. The molecule has 130 valence electrons. The van der Waals surface area contributed by atoms with E-state index < -0.39 is 0 Å². The monoisotopic (exact) mass is 347 g/mol. The van der Waals surface area contributed by atoms with E-state index in [0.29, 0.717) is 22.7 Å². The van der Waals surface area contributed by atoms with Crippen LogP contribution in [0.3, 0.4) is 0 Å². The van der Waals surface area contributed by atoms with Crippen LogP contribution in [0.4, 0.5) is 5.69 Å². The zero-order valence-corrected chi connectivity index (χ0v) is 14.4. The summed E-state index contributed by atoms with van der Waals surface area (Å²) in [4.78, 5) is 16.6. The van der Waals surface area contributed by atoms with Gasteiger partial charge in [-0.2, -0.15) is 5.26 Å². The van der Waals surface area contributed by atoms with Crippen LogP contribution >= 0.6 is 0 Å². The van der Waals surface area contributed by atoms with Gasteiger partial charge in [0, 0.05) is 22.8 Å². The zero-order chi connectivity index (χ0) is 18.5. The number of carbonyl (C=O) groups is 1. The quantitative estimate of drug-likeness (QED) is 0.764. The van der Waals surface area contributed by atoms with Crippen molar-refractivity contribution in [3.8, 4) is 17.6 Å². The van der Waals surface area contributed by atoms with E-state index in [1.165, 1.54) is 0 Å². The van der Waals surface area contributed by atoms with Crippen molar-refractivity contribution in [2.45, 2.75) is 6.92 Å². The number of pyridine rings is 1. The van der Waals surface area contributed by atoms with Gasteiger partial charge in [-0.25, -0.2) is 0 Å². The number of nitrogens with one attached hydrogen (secondary N) is 1. The summed E-state index contributed by atoms with van der Waals surface area (Å²) < 4.78 is 11.0. The van der Waals surface area contributed by atoms with E-state index in [-0.39, 0.29) is 12.5 Å². The van der Waals surface area contributed by atoms with Crippen LogP contribution in [0.1, 0.15) is 11.3 Å². The first kappa shape index (κ1) is 17.2. The zero-order valence-electron chi connectivity index (χ0n) is 14.4. The van der Waals surface area contributed by atoms with Crippen LogP contribution in [0, 0.1) is 18.3 Å². The van der Waals surface area contributed by atoms with Gasteiger partial charge in [0.05, 0.1) is 24.3 Å². The topological polar surface area (TPSA) is 84.2 Å². The van der Waals surface area contributed by atoms with Gasteiger partial charge in [0.2, 0.25) is 0 Å². The Balaban J connectivity index is 1.76. The van der Waals surface area contributed by atoms with Crippen molar-refractivity contribution in [2.75, 3.05) is 19.0 Å². The molecule has 0 saturated carbocycles. The van der Waals surface area contributed by atoms with Gasteiger partial charge in [-0.1, -0.05) is 6.07 Å². The van der Waals surface area contributed by atoms with Crippen molar-refractivity contribution in [3.05, 3.63) is 59.8 Å². The lowest BCUT2D eigenvalue weighted by molar-refractivity contribution is -0.118. The Kier molecular flexibility index (Phi) is 4.99. The van der Waals surface area contributed by atoms with Gasteiger partial charge in [-0.3, -0.25) is 9.78 Å². The maximum Gasteiger partial charge on any atom is 0.262 e. The molecule has 1 aromatic heterocycles. The molecule has 0 radical (unpaired) electrons. The number of hydrogen-bond donors (Lipinski definition) is 1. The number of nitrogens with zero attached hydrogens (tertiary/aromatic N) is 2. The molecule has 6 nitrogen and oxygen atoms in total. The van der Waals surface area contributed by atoms with Crippen molar-refractivity contribution in [2.24, 2.45) is 0 Å². The smallest absolute Gasteiger partial charge is 0.262 e. The van der Waals surface area contributed by atoms with Crippen LogP contribution in [0.2, 0.25) is 0 Å². The first-order valence-corrected chi connectivity index (χ1v) is 7.97. The van der Waals surface area contributed by atoms with Crippen molar-refractivity contribution in [1.29, 1.82) is 5.26 Å². The lowest BCUT2D eigenvalue weighted by Crippen LogP contribution is -2.20. The number of carbonyl (C=O) groups excluding carboxylic acids is 1. The number of ether oxygens (including phenoxy) is 2. The number of benzene rings is 2. The van der Waals surface area contributed by atoms with E-state index in [0.717, 1.165) is 16.6 Å². The number of hydrogen-bond acceptors (Lipinski definition) is 5.